The first-order valence-electron chi connectivity index (χ1n) is 10.00. The first-order valence-corrected chi connectivity index (χ1v) is 10.00. The third-order valence-electron chi connectivity index (χ3n) is 5.56. The minimum atomic E-state index is -0.493. The number of nitriles is 1. The predicted molar refractivity (Wildman–Crippen MR) is 111 cm³/mol. The summed E-state index contributed by atoms with van der Waals surface area (Å²) in [5.41, 5.74) is 2.03. The monoisotopic (exact) mass is 396 g/mol. The Labute approximate surface area is 171 Å². The minimum absolute atomic E-state index is 0.0680. The molecule has 154 valence electrons. The molecule has 2 aromatic rings. The highest BCUT2D eigenvalue weighted by Crippen LogP contribution is 2.24. The zero-order chi connectivity index (χ0) is 20.8. The molecule has 0 radical (unpaired) electrons. The van der Waals surface area contributed by atoms with Gasteiger partial charge in [-0.05, 0) is 24.5 Å². The summed E-state index contributed by atoms with van der Waals surface area (Å²) in [6.07, 6.45) is 0.346. The molecule has 0 saturated carbocycles. The SMILES string of the molecule is Cc1c(CN2CCN(Cc3ccccc3)CC2)c(O)n(CCCO)c(=O)c1C#N. The number of aromatic hydroxyl groups is 1. The molecular formula is C22H28N4O3. The largest absolute Gasteiger partial charge is 0.494 e. The van der Waals surface area contributed by atoms with E-state index in [9.17, 15) is 15.2 Å². The van der Waals surface area contributed by atoms with Gasteiger partial charge in [0, 0.05) is 58.0 Å². The van der Waals surface area contributed by atoms with Crippen LogP contribution in [0.4, 0.5) is 0 Å². The second kappa shape index (κ2) is 9.70. The van der Waals surface area contributed by atoms with Crippen LogP contribution >= 0.6 is 0 Å². The van der Waals surface area contributed by atoms with Gasteiger partial charge < -0.3 is 10.2 Å². The fourth-order valence-corrected chi connectivity index (χ4v) is 3.80. The summed E-state index contributed by atoms with van der Waals surface area (Å²) >= 11 is 0. The van der Waals surface area contributed by atoms with Crippen molar-refractivity contribution in [1.29, 1.82) is 5.26 Å². The molecule has 29 heavy (non-hydrogen) atoms. The molecule has 0 bridgehead atoms. The number of nitrogens with zero attached hydrogens (tertiary/aromatic N) is 4. The van der Waals surface area contributed by atoms with Crippen LogP contribution < -0.4 is 5.56 Å². The van der Waals surface area contributed by atoms with Gasteiger partial charge in [-0.2, -0.15) is 5.26 Å². The molecule has 1 saturated heterocycles. The maximum Gasteiger partial charge on any atom is 0.271 e. The number of hydrogen-bond donors (Lipinski definition) is 2. The highest BCUT2D eigenvalue weighted by molar-refractivity contribution is 5.45. The molecule has 7 heteroatoms. The Morgan fingerprint density at radius 1 is 1.07 bits per heavy atom. The van der Waals surface area contributed by atoms with Gasteiger partial charge in [-0.1, -0.05) is 30.3 Å². The van der Waals surface area contributed by atoms with Crippen LogP contribution in [-0.4, -0.2) is 57.4 Å². The van der Waals surface area contributed by atoms with Gasteiger partial charge in [0.1, 0.15) is 11.6 Å². The number of rotatable bonds is 7. The molecule has 0 atom stereocenters. The van der Waals surface area contributed by atoms with E-state index >= 15 is 0 Å². The zero-order valence-electron chi connectivity index (χ0n) is 16.8. The van der Waals surface area contributed by atoms with E-state index in [1.165, 1.54) is 10.1 Å². The molecule has 0 spiro atoms. The van der Waals surface area contributed by atoms with E-state index in [-0.39, 0.29) is 24.6 Å². The smallest absolute Gasteiger partial charge is 0.271 e. The van der Waals surface area contributed by atoms with Crippen molar-refractivity contribution in [3.63, 3.8) is 0 Å². The average molecular weight is 396 g/mol. The van der Waals surface area contributed by atoms with Crippen LogP contribution in [0.15, 0.2) is 35.1 Å². The highest BCUT2D eigenvalue weighted by Gasteiger charge is 2.23. The van der Waals surface area contributed by atoms with Crippen molar-refractivity contribution < 1.29 is 10.2 Å². The average Bonchev–Trinajstić information content (AvgIpc) is 2.73. The molecule has 1 aliphatic rings. The van der Waals surface area contributed by atoms with Crippen molar-refractivity contribution in [2.45, 2.75) is 33.0 Å². The number of benzene rings is 1. The molecule has 0 unspecified atom stereocenters. The van der Waals surface area contributed by atoms with Crippen LogP contribution in [-0.2, 0) is 19.6 Å². The first kappa shape index (κ1) is 21.1. The Hall–Kier alpha value is -2.66. The van der Waals surface area contributed by atoms with E-state index in [2.05, 4.69) is 34.1 Å². The Bertz CT molecular complexity index is 926. The standard InChI is InChI=1S/C22H28N4O3/c1-17-19(14-23)21(28)26(8-5-13-27)22(29)20(17)16-25-11-9-24(10-12-25)15-18-6-3-2-4-7-18/h2-4,6-7,27,29H,5,8-13,15-16H2,1H3. The summed E-state index contributed by atoms with van der Waals surface area (Å²) in [6.45, 7) is 6.78. The van der Waals surface area contributed by atoms with Gasteiger partial charge in [0.05, 0.1) is 0 Å². The molecule has 7 nitrogen and oxygen atoms in total. The van der Waals surface area contributed by atoms with Crippen LogP contribution in [0.3, 0.4) is 0 Å². The summed E-state index contributed by atoms with van der Waals surface area (Å²) in [6, 6.07) is 12.4. The Balaban J connectivity index is 1.72. The van der Waals surface area contributed by atoms with Crippen LogP contribution in [0.5, 0.6) is 5.88 Å². The van der Waals surface area contributed by atoms with E-state index in [4.69, 9.17) is 5.11 Å². The van der Waals surface area contributed by atoms with Gasteiger partial charge in [-0.15, -0.1) is 0 Å². The fraction of sp³-hybridized carbons (Fsp3) is 0.455. The van der Waals surface area contributed by atoms with Crippen molar-refractivity contribution in [3.05, 3.63) is 62.9 Å². The molecule has 3 rings (SSSR count). The number of piperazine rings is 1. The summed E-state index contributed by atoms with van der Waals surface area (Å²) in [5, 5.41) is 29.2. The number of aliphatic hydroxyl groups is 1. The molecule has 0 aliphatic carbocycles. The molecule has 1 fully saturated rings. The molecule has 1 aliphatic heterocycles. The van der Waals surface area contributed by atoms with E-state index in [0.717, 1.165) is 32.7 Å². The minimum Gasteiger partial charge on any atom is -0.494 e. The maximum absolute atomic E-state index is 12.5. The third kappa shape index (κ3) is 4.85. The van der Waals surface area contributed by atoms with Crippen molar-refractivity contribution >= 4 is 0 Å². The van der Waals surface area contributed by atoms with E-state index in [0.29, 0.717) is 24.1 Å². The number of hydrogen-bond acceptors (Lipinski definition) is 6. The van der Waals surface area contributed by atoms with E-state index in [1.54, 1.807) is 6.92 Å². The zero-order valence-corrected chi connectivity index (χ0v) is 16.8. The fourth-order valence-electron chi connectivity index (χ4n) is 3.80. The van der Waals surface area contributed by atoms with Crippen LogP contribution in [0.2, 0.25) is 0 Å². The lowest BCUT2D eigenvalue weighted by Gasteiger charge is -2.35. The molecular weight excluding hydrogens is 368 g/mol. The maximum atomic E-state index is 12.5. The molecule has 0 amide bonds. The van der Waals surface area contributed by atoms with Gasteiger partial charge >= 0.3 is 0 Å². The van der Waals surface area contributed by atoms with Gasteiger partial charge in [-0.25, -0.2) is 0 Å². The quantitative estimate of drug-likeness (QED) is 0.736. The van der Waals surface area contributed by atoms with E-state index < -0.39 is 5.56 Å². The van der Waals surface area contributed by atoms with Gasteiger partial charge in [0.2, 0.25) is 0 Å². The topological polar surface area (TPSA) is 92.7 Å². The summed E-state index contributed by atoms with van der Waals surface area (Å²) in [5.74, 6) is -0.0911. The first-order chi connectivity index (χ1) is 14.0. The van der Waals surface area contributed by atoms with E-state index in [1.807, 2.05) is 12.1 Å². The lowest BCUT2D eigenvalue weighted by atomic mass is 10.0. The lowest BCUT2D eigenvalue weighted by molar-refractivity contribution is 0.120. The molecule has 2 heterocycles. The second-order valence-corrected chi connectivity index (χ2v) is 7.49. The van der Waals surface area contributed by atoms with Crippen molar-refractivity contribution in [2.24, 2.45) is 0 Å². The van der Waals surface area contributed by atoms with Gasteiger partial charge in [0.25, 0.3) is 5.56 Å². The van der Waals surface area contributed by atoms with Gasteiger partial charge in [-0.3, -0.25) is 19.2 Å². The van der Waals surface area contributed by atoms with Crippen LogP contribution in [0.25, 0.3) is 0 Å². The Kier molecular flexibility index (Phi) is 7.04. The lowest BCUT2D eigenvalue weighted by Crippen LogP contribution is -2.45. The van der Waals surface area contributed by atoms with Crippen LogP contribution in [0.1, 0.15) is 28.7 Å². The molecule has 1 aromatic heterocycles. The Morgan fingerprint density at radius 2 is 1.69 bits per heavy atom. The predicted octanol–water partition coefficient (Wildman–Crippen LogP) is 1.43. The third-order valence-corrected chi connectivity index (χ3v) is 5.56. The van der Waals surface area contributed by atoms with Crippen molar-refractivity contribution in [3.8, 4) is 11.9 Å². The van der Waals surface area contributed by atoms with Crippen molar-refractivity contribution in [1.82, 2.24) is 14.4 Å². The Morgan fingerprint density at radius 3 is 2.28 bits per heavy atom. The number of aromatic nitrogens is 1. The highest BCUT2D eigenvalue weighted by atomic mass is 16.3. The normalized spacial score (nSPS) is 15.3. The van der Waals surface area contributed by atoms with Crippen molar-refractivity contribution in [2.75, 3.05) is 32.8 Å². The van der Waals surface area contributed by atoms with Crippen LogP contribution in [0, 0.1) is 18.3 Å². The molecule has 2 N–H and O–H groups in total. The second-order valence-electron chi connectivity index (χ2n) is 7.49. The van der Waals surface area contributed by atoms with Gasteiger partial charge in [0.15, 0.2) is 5.88 Å². The summed E-state index contributed by atoms with van der Waals surface area (Å²) in [4.78, 5) is 17.1. The molecule has 1 aromatic carbocycles. The number of pyridine rings is 1. The summed E-state index contributed by atoms with van der Waals surface area (Å²) in [7, 11) is 0. The number of aliphatic hydroxyl groups excluding tert-OH is 1. The summed E-state index contributed by atoms with van der Waals surface area (Å²) < 4.78 is 1.21.